The highest BCUT2D eigenvalue weighted by Gasteiger charge is 2.25. The van der Waals surface area contributed by atoms with E-state index in [-0.39, 0.29) is 5.91 Å². The molecule has 2 rings (SSSR count). The average molecular weight is 309 g/mol. The Morgan fingerprint density at radius 3 is 2.48 bits per heavy atom. The van der Waals surface area contributed by atoms with Crippen LogP contribution in [0.15, 0.2) is 24.3 Å². The molecule has 0 bridgehead atoms. The molecule has 1 fully saturated rings. The number of piperidine rings is 1. The number of hydrogen-bond acceptors (Lipinski definition) is 2. The first-order valence-corrected chi connectivity index (χ1v) is 8.22. The summed E-state index contributed by atoms with van der Waals surface area (Å²) in [6.07, 6.45) is 3.42. The van der Waals surface area contributed by atoms with E-state index in [1.165, 1.54) is 5.56 Å². The number of carbonyl (C=O) groups is 1. The molecule has 1 unspecified atom stereocenters. The van der Waals surface area contributed by atoms with Crippen LogP contribution in [-0.4, -0.2) is 30.4 Å². The third kappa shape index (κ3) is 4.72. The summed E-state index contributed by atoms with van der Waals surface area (Å²) in [5, 5.41) is 3.73. The molecule has 1 saturated heterocycles. The van der Waals surface area contributed by atoms with Crippen LogP contribution < -0.4 is 5.32 Å². The summed E-state index contributed by atoms with van der Waals surface area (Å²) < 4.78 is 0. The van der Waals surface area contributed by atoms with E-state index in [2.05, 4.69) is 29.3 Å². The van der Waals surface area contributed by atoms with Gasteiger partial charge in [-0.3, -0.25) is 9.69 Å². The van der Waals surface area contributed by atoms with E-state index in [0.29, 0.717) is 12.0 Å². The summed E-state index contributed by atoms with van der Waals surface area (Å²) in [4.78, 5) is 13.5. The normalized spacial score (nSPS) is 18.4. The Balaban J connectivity index is 1.90. The van der Waals surface area contributed by atoms with E-state index < -0.39 is 0 Å². The van der Waals surface area contributed by atoms with Gasteiger partial charge < -0.3 is 5.32 Å². The van der Waals surface area contributed by atoms with Gasteiger partial charge in [-0.2, -0.15) is 0 Å². The number of carbonyl (C=O) groups excluding carboxylic acids is 1. The Bertz CT molecular complexity index is 452. The fraction of sp³-hybridized carbons (Fsp3) is 0.588. The number of rotatable bonds is 5. The van der Waals surface area contributed by atoms with Crippen molar-refractivity contribution in [3.05, 3.63) is 34.9 Å². The first-order valence-electron chi connectivity index (χ1n) is 7.84. The highest BCUT2D eigenvalue weighted by molar-refractivity contribution is 6.30. The largest absolute Gasteiger partial charge is 0.356 e. The second-order valence-electron chi connectivity index (χ2n) is 5.89. The Kier molecular flexibility index (Phi) is 6.07. The topological polar surface area (TPSA) is 32.3 Å². The number of nitrogens with zero attached hydrogens (tertiary/aromatic N) is 1. The molecule has 116 valence electrons. The van der Waals surface area contributed by atoms with Crippen LogP contribution in [0.4, 0.5) is 0 Å². The van der Waals surface area contributed by atoms with Gasteiger partial charge in [0.1, 0.15) is 0 Å². The van der Waals surface area contributed by atoms with Crippen molar-refractivity contribution < 1.29 is 4.79 Å². The summed E-state index contributed by atoms with van der Waals surface area (Å²) in [6.45, 7) is 6.85. The minimum Gasteiger partial charge on any atom is -0.356 e. The number of nitrogens with one attached hydrogen (secondary N) is 1. The zero-order valence-electron chi connectivity index (χ0n) is 12.9. The lowest BCUT2D eigenvalue weighted by Gasteiger charge is -2.37. The molecule has 0 aliphatic carbocycles. The van der Waals surface area contributed by atoms with Gasteiger partial charge in [-0.05, 0) is 56.0 Å². The molecule has 1 amide bonds. The van der Waals surface area contributed by atoms with E-state index in [4.69, 9.17) is 11.6 Å². The summed E-state index contributed by atoms with van der Waals surface area (Å²) in [5.74, 6) is 0.693. The molecule has 1 N–H and O–H groups in total. The fourth-order valence-corrected chi connectivity index (χ4v) is 3.27. The third-order valence-electron chi connectivity index (χ3n) is 4.37. The van der Waals surface area contributed by atoms with Gasteiger partial charge >= 0.3 is 0 Å². The van der Waals surface area contributed by atoms with Gasteiger partial charge in [0, 0.05) is 24.5 Å². The van der Waals surface area contributed by atoms with Crippen LogP contribution >= 0.6 is 11.6 Å². The zero-order valence-corrected chi connectivity index (χ0v) is 13.7. The molecule has 1 atom stereocenters. The Labute approximate surface area is 132 Å². The van der Waals surface area contributed by atoms with Crippen molar-refractivity contribution in [2.45, 2.75) is 39.2 Å². The molecular formula is C17H25ClN2O. The molecule has 0 aromatic heterocycles. The predicted octanol–water partition coefficient (Wildman–Crippen LogP) is 3.64. The van der Waals surface area contributed by atoms with Gasteiger partial charge in [0.2, 0.25) is 5.91 Å². The second-order valence-corrected chi connectivity index (χ2v) is 6.33. The number of amides is 1. The minimum atomic E-state index is 0.0741. The molecule has 3 nitrogen and oxygen atoms in total. The molecule has 0 saturated carbocycles. The highest BCUT2D eigenvalue weighted by atomic mass is 35.5. The Hall–Kier alpha value is -1.06. The maximum atomic E-state index is 11.0. The number of benzene rings is 1. The average Bonchev–Trinajstić information content (AvgIpc) is 2.49. The summed E-state index contributed by atoms with van der Waals surface area (Å²) in [7, 11) is 0. The van der Waals surface area contributed by atoms with Crippen LogP contribution in [0.3, 0.4) is 0 Å². The van der Waals surface area contributed by atoms with Gasteiger partial charge in [0.15, 0.2) is 0 Å². The van der Waals surface area contributed by atoms with Crippen molar-refractivity contribution in [3.8, 4) is 0 Å². The van der Waals surface area contributed by atoms with Gasteiger partial charge in [-0.15, -0.1) is 0 Å². The minimum absolute atomic E-state index is 0.0741. The molecule has 1 aromatic rings. The molecule has 1 heterocycles. The number of halogens is 1. The SMILES string of the molecule is CCC(c1ccc(Cl)cc1)N1CCC(CNC(C)=O)CC1. The standard InChI is InChI=1S/C17H25ClN2O/c1-3-17(15-4-6-16(18)7-5-15)20-10-8-14(9-11-20)12-19-13(2)21/h4-7,14,17H,3,8-12H2,1-2H3,(H,19,21). The van der Waals surface area contributed by atoms with Gasteiger partial charge in [-0.25, -0.2) is 0 Å². The predicted molar refractivity (Wildman–Crippen MR) is 87.5 cm³/mol. The Morgan fingerprint density at radius 2 is 1.95 bits per heavy atom. The van der Waals surface area contributed by atoms with E-state index in [9.17, 15) is 4.79 Å². The van der Waals surface area contributed by atoms with E-state index in [1.807, 2.05) is 12.1 Å². The molecule has 21 heavy (non-hydrogen) atoms. The summed E-state index contributed by atoms with van der Waals surface area (Å²) in [6, 6.07) is 8.70. The lowest BCUT2D eigenvalue weighted by molar-refractivity contribution is -0.119. The van der Waals surface area contributed by atoms with Crippen molar-refractivity contribution in [3.63, 3.8) is 0 Å². The van der Waals surface area contributed by atoms with Crippen LogP contribution in [0.1, 0.15) is 44.7 Å². The van der Waals surface area contributed by atoms with Crippen LogP contribution in [0.5, 0.6) is 0 Å². The quantitative estimate of drug-likeness (QED) is 0.900. The molecule has 1 aliphatic rings. The van der Waals surface area contributed by atoms with E-state index >= 15 is 0 Å². The van der Waals surface area contributed by atoms with Crippen molar-refractivity contribution >= 4 is 17.5 Å². The van der Waals surface area contributed by atoms with Crippen LogP contribution in [0.2, 0.25) is 5.02 Å². The highest BCUT2D eigenvalue weighted by Crippen LogP contribution is 2.29. The van der Waals surface area contributed by atoms with Crippen molar-refractivity contribution in [1.82, 2.24) is 10.2 Å². The number of hydrogen-bond donors (Lipinski definition) is 1. The van der Waals surface area contributed by atoms with Crippen LogP contribution in [0, 0.1) is 5.92 Å². The second kappa shape index (κ2) is 7.81. The molecule has 0 radical (unpaired) electrons. The number of likely N-dealkylation sites (tertiary alicyclic amines) is 1. The monoisotopic (exact) mass is 308 g/mol. The maximum absolute atomic E-state index is 11.0. The van der Waals surface area contributed by atoms with Gasteiger partial charge in [0.05, 0.1) is 0 Å². The lowest BCUT2D eigenvalue weighted by atomic mass is 9.93. The summed E-state index contributed by atoms with van der Waals surface area (Å²) >= 11 is 5.98. The first kappa shape index (κ1) is 16.3. The van der Waals surface area contributed by atoms with Crippen molar-refractivity contribution in [2.75, 3.05) is 19.6 Å². The van der Waals surface area contributed by atoms with Crippen molar-refractivity contribution in [2.24, 2.45) is 5.92 Å². The van der Waals surface area contributed by atoms with Crippen LogP contribution in [-0.2, 0) is 4.79 Å². The molecule has 1 aliphatic heterocycles. The van der Waals surface area contributed by atoms with Crippen molar-refractivity contribution in [1.29, 1.82) is 0 Å². The molecule has 4 heteroatoms. The maximum Gasteiger partial charge on any atom is 0.216 e. The fourth-order valence-electron chi connectivity index (χ4n) is 3.15. The summed E-state index contributed by atoms with van der Waals surface area (Å²) in [5.41, 5.74) is 1.35. The van der Waals surface area contributed by atoms with Gasteiger partial charge in [-0.1, -0.05) is 30.7 Å². The zero-order chi connectivity index (χ0) is 15.2. The van der Waals surface area contributed by atoms with Gasteiger partial charge in [0.25, 0.3) is 0 Å². The molecule has 1 aromatic carbocycles. The third-order valence-corrected chi connectivity index (χ3v) is 4.62. The smallest absolute Gasteiger partial charge is 0.216 e. The van der Waals surface area contributed by atoms with E-state index in [0.717, 1.165) is 43.9 Å². The molecule has 0 spiro atoms. The lowest BCUT2D eigenvalue weighted by Crippen LogP contribution is -2.39. The molecular weight excluding hydrogens is 284 g/mol. The Morgan fingerprint density at radius 1 is 1.33 bits per heavy atom. The van der Waals surface area contributed by atoms with Crippen LogP contribution in [0.25, 0.3) is 0 Å². The first-order chi connectivity index (χ1) is 10.1. The van der Waals surface area contributed by atoms with E-state index in [1.54, 1.807) is 6.92 Å².